The van der Waals surface area contributed by atoms with Gasteiger partial charge >= 0.3 is 6.09 Å². The molecule has 0 bridgehead atoms. The molecule has 4 rings (SSSR count). The summed E-state index contributed by atoms with van der Waals surface area (Å²) in [6.07, 6.45) is 10.6. The van der Waals surface area contributed by atoms with E-state index in [0.717, 1.165) is 48.5 Å². The van der Waals surface area contributed by atoms with Crippen LogP contribution in [-0.2, 0) is 30.7 Å². The molecule has 0 aliphatic heterocycles. The van der Waals surface area contributed by atoms with Crippen LogP contribution in [0.3, 0.4) is 0 Å². The molecule has 0 unspecified atom stereocenters. The molecule has 0 radical (unpaired) electrons. The molecule has 39 heavy (non-hydrogen) atoms. The Bertz CT molecular complexity index is 1340. The number of ether oxygens (including phenoxy) is 2. The first-order valence-electron chi connectivity index (χ1n) is 13.1. The van der Waals surface area contributed by atoms with Gasteiger partial charge in [-0.1, -0.05) is 47.2 Å². The van der Waals surface area contributed by atoms with Crippen LogP contribution in [0.2, 0.25) is 0 Å². The molecule has 0 fully saturated rings. The van der Waals surface area contributed by atoms with Gasteiger partial charge in [0.2, 0.25) is 5.89 Å². The van der Waals surface area contributed by atoms with E-state index in [1.54, 1.807) is 20.4 Å². The van der Waals surface area contributed by atoms with Crippen molar-refractivity contribution in [3.8, 4) is 5.75 Å². The molecule has 0 aliphatic carbocycles. The van der Waals surface area contributed by atoms with Gasteiger partial charge < -0.3 is 18.8 Å². The third-order valence-electron chi connectivity index (χ3n) is 6.01. The van der Waals surface area contributed by atoms with Crippen LogP contribution < -0.4 is 4.74 Å². The van der Waals surface area contributed by atoms with Crippen molar-refractivity contribution in [2.75, 3.05) is 20.7 Å². The minimum absolute atomic E-state index is 0.293. The number of unbranched alkanes of at least 4 members (excludes halogenated alkanes) is 1. The van der Waals surface area contributed by atoms with Gasteiger partial charge in [-0.25, -0.2) is 9.78 Å². The number of aryl methyl sites for hydroxylation is 3. The Morgan fingerprint density at radius 2 is 1.79 bits per heavy atom. The first-order chi connectivity index (χ1) is 18.9. The smallest absolute Gasteiger partial charge is 0.409 e. The maximum atomic E-state index is 11.5. The number of amides is 1. The number of rotatable bonds is 13. The number of nitrogens with zero attached hydrogens (tertiary/aromatic N) is 5. The quantitative estimate of drug-likeness (QED) is 0.208. The Kier molecular flexibility index (Phi) is 9.88. The lowest BCUT2D eigenvalue weighted by molar-refractivity contribution is 0.119. The standard InChI is InChI=1S/C30H35N5O4/c1-23-7-9-25(10-8-23)13-16-29-31-27(22-39-29)21-38-28-14-11-24(12-15-28)6-4-5-18-35-20-26(32-33-35)17-19-37-30(36)34(2)3/h7-16,20,22H,4-6,17-19,21H2,1-3H3/b16-13+. The van der Waals surface area contributed by atoms with Crippen molar-refractivity contribution in [2.24, 2.45) is 0 Å². The molecular weight excluding hydrogens is 494 g/mol. The van der Waals surface area contributed by atoms with Crippen LogP contribution in [0, 0.1) is 6.92 Å². The summed E-state index contributed by atoms with van der Waals surface area (Å²) >= 11 is 0. The van der Waals surface area contributed by atoms with Gasteiger partial charge in [0.1, 0.15) is 24.3 Å². The Morgan fingerprint density at radius 3 is 2.56 bits per heavy atom. The second-order valence-corrected chi connectivity index (χ2v) is 9.54. The largest absolute Gasteiger partial charge is 0.487 e. The average molecular weight is 530 g/mol. The molecule has 0 saturated heterocycles. The van der Waals surface area contributed by atoms with Crippen LogP contribution in [-0.4, -0.2) is 51.7 Å². The van der Waals surface area contributed by atoms with Gasteiger partial charge in [0.25, 0.3) is 0 Å². The van der Waals surface area contributed by atoms with E-state index in [1.165, 1.54) is 16.0 Å². The SMILES string of the molecule is Cc1ccc(/C=C/c2nc(COc3ccc(CCCCn4cc(CCOC(=O)N(C)C)nn4)cc3)co2)cc1. The fourth-order valence-corrected chi connectivity index (χ4v) is 3.76. The van der Waals surface area contributed by atoms with Crippen LogP contribution >= 0.6 is 0 Å². The summed E-state index contributed by atoms with van der Waals surface area (Å²) in [6, 6.07) is 16.4. The zero-order valence-corrected chi connectivity index (χ0v) is 22.7. The number of carbonyl (C=O) groups excluding carboxylic acids is 1. The van der Waals surface area contributed by atoms with Crippen molar-refractivity contribution in [1.82, 2.24) is 24.9 Å². The van der Waals surface area contributed by atoms with E-state index in [-0.39, 0.29) is 6.09 Å². The highest BCUT2D eigenvalue weighted by atomic mass is 16.6. The summed E-state index contributed by atoms with van der Waals surface area (Å²) < 4.78 is 18.4. The molecule has 4 aromatic rings. The molecule has 2 heterocycles. The molecule has 0 N–H and O–H groups in total. The second-order valence-electron chi connectivity index (χ2n) is 9.54. The fourth-order valence-electron chi connectivity index (χ4n) is 3.76. The van der Waals surface area contributed by atoms with E-state index in [9.17, 15) is 4.79 Å². The van der Waals surface area contributed by atoms with Gasteiger partial charge in [0.05, 0.1) is 12.3 Å². The molecule has 0 aliphatic rings. The highest BCUT2D eigenvalue weighted by Gasteiger charge is 2.07. The highest BCUT2D eigenvalue weighted by molar-refractivity contribution is 5.67. The van der Waals surface area contributed by atoms with Gasteiger partial charge in [0, 0.05) is 39.3 Å². The molecule has 204 valence electrons. The Hall–Kier alpha value is -4.40. The zero-order chi connectivity index (χ0) is 27.5. The van der Waals surface area contributed by atoms with E-state index in [1.807, 2.05) is 35.2 Å². The monoisotopic (exact) mass is 529 g/mol. The van der Waals surface area contributed by atoms with Crippen molar-refractivity contribution in [2.45, 2.75) is 45.8 Å². The molecule has 9 nitrogen and oxygen atoms in total. The van der Waals surface area contributed by atoms with Crippen LogP contribution in [0.4, 0.5) is 4.79 Å². The molecule has 9 heteroatoms. The maximum Gasteiger partial charge on any atom is 0.409 e. The van der Waals surface area contributed by atoms with Crippen molar-refractivity contribution in [1.29, 1.82) is 0 Å². The number of carbonyl (C=O) groups is 1. The number of oxazole rings is 1. The van der Waals surface area contributed by atoms with Crippen LogP contribution in [0.25, 0.3) is 12.2 Å². The highest BCUT2D eigenvalue weighted by Crippen LogP contribution is 2.17. The van der Waals surface area contributed by atoms with Crippen LogP contribution in [0.15, 0.2) is 65.4 Å². The molecule has 0 saturated carbocycles. The number of benzene rings is 2. The van der Waals surface area contributed by atoms with Gasteiger partial charge in [0.15, 0.2) is 0 Å². The molecule has 2 aromatic heterocycles. The summed E-state index contributed by atoms with van der Waals surface area (Å²) in [4.78, 5) is 17.3. The average Bonchev–Trinajstić information content (AvgIpc) is 3.59. The first kappa shape index (κ1) is 27.6. The lowest BCUT2D eigenvalue weighted by Crippen LogP contribution is -2.23. The lowest BCUT2D eigenvalue weighted by Gasteiger charge is -2.09. The van der Waals surface area contributed by atoms with Crippen molar-refractivity contribution >= 4 is 18.2 Å². The van der Waals surface area contributed by atoms with E-state index >= 15 is 0 Å². The summed E-state index contributed by atoms with van der Waals surface area (Å²) in [5.74, 6) is 1.35. The number of hydrogen-bond donors (Lipinski definition) is 0. The van der Waals surface area contributed by atoms with Gasteiger partial charge in [-0.15, -0.1) is 5.10 Å². The van der Waals surface area contributed by atoms with Crippen molar-refractivity contribution in [3.05, 3.63) is 95.0 Å². The predicted octanol–water partition coefficient (Wildman–Crippen LogP) is 5.59. The second kappa shape index (κ2) is 13.9. The normalized spacial score (nSPS) is 11.2. The first-order valence-corrected chi connectivity index (χ1v) is 13.1. The van der Waals surface area contributed by atoms with Gasteiger partial charge in [-0.3, -0.25) is 4.68 Å². The number of hydrogen-bond acceptors (Lipinski definition) is 7. The van der Waals surface area contributed by atoms with E-state index < -0.39 is 0 Å². The third kappa shape index (κ3) is 9.14. The molecule has 1 amide bonds. The Balaban J connectivity index is 1.13. The van der Waals surface area contributed by atoms with E-state index in [4.69, 9.17) is 13.9 Å². The maximum absolute atomic E-state index is 11.5. The predicted molar refractivity (Wildman–Crippen MR) is 149 cm³/mol. The minimum Gasteiger partial charge on any atom is -0.487 e. The zero-order valence-electron chi connectivity index (χ0n) is 22.7. The Labute approximate surface area is 229 Å². The lowest BCUT2D eigenvalue weighted by atomic mass is 10.1. The minimum atomic E-state index is -0.353. The molecule has 0 atom stereocenters. The summed E-state index contributed by atoms with van der Waals surface area (Å²) in [7, 11) is 3.31. The summed E-state index contributed by atoms with van der Waals surface area (Å²) in [5.41, 5.74) is 5.15. The molecule has 2 aromatic carbocycles. The summed E-state index contributed by atoms with van der Waals surface area (Å²) in [6.45, 7) is 3.50. The Morgan fingerprint density at radius 1 is 1.00 bits per heavy atom. The van der Waals surface area contributed by atoms with Crippen LogP contribution in [0.1, 0.15) is 46.8 Å². The van der Waals surface area contributed by atoms with Gasteiger partial charge in [-0.05, 0) is 55.5 Å². The van der Waals surface area contributed by atoms with E-state index in [2.05, 4.69) is 58.6 Å². The third-order valence-corrected chi connectivity index (χ3v) is 6.01. The van der Waals surface area contributed by atoms with Gasteiger partial charge in [-0.2, -0.15) is 0 Å². The van der Waals surface area contributed by atoms with Crippen molar-refractivity contribution in [3.63, 3.8) is 0 Å². The topological polar surface area (TPSA) is 95.5 Å². The molecule has 0 spiro atoms. The fraction of sp³-hybridized carbons (Fsp3) is 0.333. The molecular formula is C30H35N5O4. The summed E-state index contributed by atoms with van der Waals surface area (Å²) in [5, 5.41) is 8.31. The number of aromatic nitrogens is 4. The van der Waals surface area contributed by atoms with Crippen molar-refractivity contribution < 1.29 is 18.7 Å². The van der Waals surface area contributed by atoms with Crippen LogP contribution in [0.5, 0.6) is 5.75 Å². The van der Waals surface area contributed by atoms with E-state index in [0.29, 0.717) is 25.5 Å².